The second-order valence-corrected chi connectivity index (χ2v) is 4.84. The van der Waals surface area contributed by atoms with Crippen molar-refractivity contribution in [3.05, 3.63) is 23.2 Å². The Morgan fingerprint density at radius 3 is 2.55 bits per heavy atom. The van der Waals surface area contributed by atoms with E-state index < -0.39 is 0 Å². The van der Waals surface area contributed by atoms with Crippen molar-refractivity contribution in [3.8, 4) is 0 Å². The first-order valence-corrected chi connectivity index (χ1v) is 6.60. The maximum absolute atomic E-state index is 11.8. The number of carbonyl (C=O) groups excluding carboxylic acids is 2. The lowest BCUT2D eigenvalue weighted by Crippen LogP contribution is -2.38. The third kappa shape index (κ3) is 5.46. The molecular weight excluding hydrogens is 280 g/mol. The highest BCUT2D eigenvalue weighted by Gasteiger charge is 2.11. The number of rotatable bonds is 6. The van der Waals surface area contributed by atoms with Crippen LogP contribution in [0.15, 0.2) is 18.2 Å². The van der Waals surface area contributed by atoms with Crippen molar-refractivity contribution in [3.63, 3.8) is 0 Å². The summed E-state index contributed by atoms with van der Waals surface area (Å²) in [6, 6.07) is 4.85. The lowest BCUT2D eigenvalue weighted by Gasteiger charge is -2.16. The van der Waals surface area contributed by atoms with E-state index >= 15 is 0 Å². The molecule has 0 fully saturated rings. The van der Waals surface area contributed by atoms with E-state index in [1.807, 2.05) is 6.92 Å². The third-order valence-corrected chi connectivity index (χ3v) is 2.72. The number of benzene rings is 1. The number of halogens is 1. The summed E-state index contributed by atoms with van der Waals surface area (Å²) in [4.78, 5) is 24.8. The van der Waals surface area contributed by atoms with Crippen LogP contribution >= 0.6 is 11.6 Å². The Morgan fingerprint density at radius 2 is 1.95 bits per heavy atom. The highest BCUT2D eigenvalue weighted by Crippen LogP contribution is 2.22. The van der Waals surface area contributed by atoms with Crippen LogP contribution < -0.4 is 16.4 Å². The van der Waals surface area contributed by atoms with Gasteiger partial charge in [0.25, 0.3) is 0 Å². The Bertz CT molecular complexity index is 493. The highest BCUT2D eigenvalue weighted by molar-refractivity contribution is 6.31. The number of nitrogen functional groups attached to an aromatic ring is 1. The normalized spacial score (nSPS) is 10.4. The second-order valence-electron chi connectivity index (χ2n) is 4.41. The molecule has 110 valence electrons. The molecule has 0 aromatic heterocycles. The van der Waals surface area contributed by atoms with E-state index in [9.17, 15) is 9.59 Å². The molecule has 4 N–H and O–H groups in total. The van der Waals surface area contributed by atoms with E-state index in [0.717, 1.165) is 0 Å². The average Bonchev–Trinajstić information content (AvgIpc) is 2.32. The van der Waals surface area contributed by atoms with Gasteiger partial charge in [-0.05, 0) is 32.2 Å². The van der Waals surface area contributed by atoms with E-state index in [1.54, 1.807) is 30.1 Å². The maximum Gasteiger partial charge on any atom is 0.238 e. The summed E-state index contributed by atoms with van der Waals surface area (Å²) in [6.45, 7) is 2.67. The van der Waals surface area contributed by atoms with Gasteiger partial charge in [0.15, 0.2) is 0 Å². The number of amides is 2. The van der Waals surface area contributed by atoms with Crippen molar-refractivity contribution in [1.82, 2.24) is 10.2 Å². The molecule has 0 atom stereocenters. The minimum atomic E-state index is -0.245. The van der Waals surface area contributed by atoms with Gasteiger partial charge < -0.3 is 16.4 Å². The summed E-state index contributed by atoms with van der Waals surface area (Å²) < 4.78 is 0. The monoisotopic (exact) mass is 298 g/mol. The van der Waals surface area contributed by atoms with Gasteiger partial charge in [-0.1, -0.05) is 11.6 Å². The molecule has 1 rings (SSSR count). The standard InChI is InChI=1S/C13H19ClN4O2/c1-3-16-12(19)7-18(2)8-13(20)17-11-5-4-9(14)6-10(11)15/h4-6H,3,7-8,15H2,1-2H3,(H,16,19)(H,17,20). The fourth-order valence-corrected chi connectivity index (χ4v) is 1.82. The van der Waals surface area contributed by atoms with E-state index in [4.69, 9.17) is 17.3 Å². The molecule has 7 heteroatoms. The Hall–Kier alpha value is -1.79. The summed E-state index contributed by atoms with van der Waals surface area (Å²) in [6.07, 6.45) is 0. The van der Waals surface area contributed by atoms with Gasteiger partial charge in [-0.2, -0.15) is 0 Å². The molecule has 0 unspecified atom stereocenters. The summed E-state index contributed by atoms with van der Waals surface area (Å²) in [5, 5.41) is 5.85. The van der Waals surface area contributed by atoms with Crippen LogP contribution in [0, 0.1) is 0 Å². The lowest BCUT2D eigenvalue weighted by atomic mass is 10.2. The number of nitrogens with one attached hydrogen (secondary N) is 2. The van der Waals surface area contributed by atoms with E-state index in [1.165, 1.54) is 0 Å². The number of anilines is 2. The number of nitrogens with two attached hydrogens (primary N) is 1. The molecule has 0 aliphatic heterocycles. The molecule has 2 amide bonds. The van der Waals surface area contributed by atoms with Crippen LogP contribution in [-0.2, 0) is 9.59 Å². The van der Waals surface area contributed by atoms with Crippen molar-refractivity contribution in [1.29, 1.82) is 0 Å². The van der Waals surface area contributed by atoms with Gasteiger partial charge >= 0.3 is 0 Å². The van der Waals surface area contributed by atoms with Gasteiger partial charge in [-0.25, -0.2) is 0 Å². The topological polar surface area (TPSA) is 87.5 Å². The average molecular weight is 299 g/mol. The van der Waals surface area contributed by atoms with E-state index in [-0.39, 0.29) is 24.9 Å². The van der Waals surface area contributed by atoms with Crippen LogP contribution in [0.1, 0.15) is 6.92 Å². The zero-order valence-corrected chi connectivity index (χ0v) is 12.3. The summed E-state index contributed by atoms with van der Waals surface area (Å²) >= 11 is 5.78. The largest absolute Gasteiger partial charge is 0.397 e. The lowest BCUT2D eigenvalue weighted by molar-refractivity contribution is -0.122. The number of likely N-dealkylation sites (N-methyl/N-ethyl adjacent to an activating group) is 2. The molecular formula is C13H19ClN4O2. The highest BCUT2D eigenvalue weighted by atomic mass is 35.5. The van der Waals surface area contributed by atoms with Gasteiger partial charge in [-0.15, -0.1) is 0 Å². The van der Waals surface area contributed by atoms with Gasteiger partial charge in [0.1, 0.15) is 0 Å². The SMILES string of the molecule is CCNC(=O)CN(C)CC(=O)Nc1ccc(Cl)cc1N. The van der Waals surface area contributed by atoms with Gasteiger partial charge in [0.05, 0.1) is 24.5 Å². The van der Waals surface area contributed by atoms with E-state index in [2.05, 4.69) is 10.6 Å². The third-order valence-electron chi connectivity index (χ3n) is 2.49. The number of hydrogen-bond acceptors (Lipinski definition) is 4. The minimum absolute atomic E-state index is 0.0964. The molecule has 1 aromatic rings. The van der Waals surface area contributed by atoms with Crippen molar-refractivity contribution in [2.75, 3.05) is 37.7 Å². The van der Waals surface area contributed by atoms with Gasteiger partial charge in [0, 0.05) is 11.6 Å². The molecule has 0 saturated carbocycles. The molecule has 6 nitrogen and oxygen atoms in total. The van der Waals surface area contributed by atoms with Crippen molar-refractivity contribution in [2.24, 2.45) is 0 Å². The molecule has 0 aliphatic rings. The first-order valence-electron chi connectivity index (χ1n) is 6.22. The fourth-order valence-electron chi connectivity index (χ4n) is 1.64. The minimum Gasteiger partial charge on any atom is -0.397 e. The molecule has 0 saturated heterocycles. The van der Waals surface area contributed by atoms with E-state index in [0.29, 0.717) is 22.9 Å². The Morgan fingerprint density at radius 1 is 1.30 bits per heavy atom. The number of nitrogens with zero attached hydrogens (tertiary/aromatic N) is 1. The predicted molar refractivity (Wildman–Crippen MR) is 80.7 cm³/mol. The second kappa shape index (κ2) is 7.72. The van der Waals surface area contributed by atoms with Crippen LogP contribution in [0.4, 0.5) is 11.4 Å². The van der Waals surface area contributed by atoms with Crippen LogP contribution in [0.25, 0.3) is 0 Å². The Balaban J connectivity index is 2.49. The number of carbonyl (C=O) groups is 2. The summed E-state index contributed by atoms with van der Waals surface area (Å²) in [5.74, 6) is -0.361. The fraction of sp³-hybridized carbons (Fsp3) is 0.385. The molecule has 0 heterocycles. The van der Waals surface area contributed by atoms with Crippen molar-refractivity contribution < 1.29 is 9.59 Å². The van der Waals surface area contributed by atoms with Crippen LogP contribution in [0.5, 0.6) is 0 Å². The van der Waals surface area contributed by atoms with Gasteiger partial charge in [0.2, 0.25) is 11.8 Å². The zero-order valence-electron chi connectivity index (χ0n) is 11.6. The quantitative estimate of drug-likeness (QED) is 0.682. The van der Waals surface area contributed by atoms with Crippen molar-refractivity contribution in [2.45, 2.75) is 6.92 Å². The van der Waals surface area contributed by atoms with Crippen molar-refractivity contribution >= 4 is 34.8 Å². The number of hydrogen-bond donors (Lipinski definition) is 3. The Kier molecular flexibility index (Phi) is 6.27. The van der Waals surface area contributed by atoms with Crippen LogP contribution in [0.2, 0.25) is 5.02 Å². The smallest absolute Gasteiger partial charge is 0.238 e. The molecule has 0 aliphatic carbocycles. The zero-order chi connectivity index (χ0) is 15.1. The summed E-state index contributed by atoms with van der Waals surface area (Å²) in [5.41, 5.74) is 6.65. The molecule has 0 radical (unpaired) electrons. The van der Waals surface area contributed by atoms with Gasteiger partial charge in [-0.3, -0.25) is 14.5 Å². The maximum atomic E-state index is 11.8. The van der Waals surface area contributed by atoms with Crippen LogP contribution in [-0.4, -0.2) is 43.4 Å². The molecule has 1 aromatic carbocycles. The first kappa shape index (κ1) is 16.3. The molecule has 0 spiro atoms. The first-order chi connectivity index (χ1) is 9.42. The molecule has 20 heavy (non-hydrogen) atoms. The predicted octanol–water partition coefficient (Wildman–Crippen LogP) is 0.929. The molecule has 0 bridgehead atoms. The van der Waals surface area contributed by atoms with Crippen LogP contribution in [0.3, 0.4) is 0 Å². The summed E-state index contributed by atoms with van der Waals surface area (Å²) in [7, 11) is 1.69. The Labute approximate surface area is 123 Å².